The van der Waals surface area contributed by atoms with Gasteiger partial charge in [-0.3, -0.25) is 9.69 Å². The molecule has 0 spiro atoms. The molecule has 0 N–H and O–H groups in total. The molecule has 0 unspecified atom stereocenters. The maximum absolute atomic E-state index is 15.2. The van der Waals surface area contributed by atoms with E-state index in [1.54, 1.807) is 23.1 Å². The molecule has 0 bridgehead atoms. The minimum atomic E-state index is -0.571. The number of carbonyl (C=O) groups excluding carboxylic acids is 2. The third-order valence-corrected chi connectivity index (χ3v) is 7.20. The number of aromatic nitrogens is 1. The smallest absolute Gasteiger partial charge is 0.414 e. The van der Waals surface area contributed by atoms with E-state index in [-0.39, 0.29) is 25.0 Å². The summed E-state index contributed by atoms with van der Waals surface area (Å²) < 4.78 is 42.3. The summed E-state index contributed by atoms with van der Waals surface area (Å²) in [5, 5.41) is 3.65. The summed E-state index contributed by atoms with van der Waals surface area (Å²) >= 11 is 0. The summed E-state index contributed by atoms with van der Waals surface area (Å²) in [6.45, 7) is 2.80. The maximum Gasteiger partial charge on any atom is 0.414 e. The van der Waals surface area contributed by atoms with Gasteiger partial charge >= 0.3 is 6.09 Å². The van der Waals surface area contributed by atoms with Crippen LogP contribution in [0.2, 0.25) is 0 Å². The zero-order valence-electron chi connectivity index (χ0n) is 21.7. The Bertz CT molecular complexity index is 1310. The lowest BCUT2D eigenvalue weighted by Crippen LogP contribution is -2.52. The first-order chi connectivity index (χ1) is 19.5. The molecule has 6 rings (SSSR count). The van der Waals surface area contributed by atoms with Crippen molar-refractivity contribution < 1.29 is 37.5 Å². The van der Waals surface area contributed by atoms with Crippen LogP contribution < -0.4 is 14.5 Å². The zero-order chi connectivity index (χ0) is 27.5. The monoisotopic (exact) mass is 552 g/mol. The van der Waals surface area contributed by atoms with Crippen LogP contribution in [0.4, 0.5) is 20.6 Å². The maximum atomic E-state index is 15.2. The molecule has 3 aromatic rings. The van der Waals surface area contributed by atoms with Gasteiger partial charge in [0.1, 0.15) is 18.7 Å². The first kappa shape index (κ1) is 26.1. The number of anilines is 2. The Morgan fingerprint density at radius 2 is 1.80 bits per heavy atom. The fraction of sp³-hybridized carbons (Fsp3) is 0.393. The summed E-state index contributed by atoms with van der Waals surface area (Å²) in [6, 6.07) is 15.9. The Balaban J connectivity index is 0.997. The second-order valence-corrected chi connectivity index (χ2v) is 9.82. The minimum Gasteiger partial charge on any atom is -0.471 e. The molecule has 210 valence electrons. The highest BCUT2D eigenvalue weighted by atomic mass is 19.1. The number of cyclic esters (lactones) is 1. The van der Waals surface area contributed by atoms with Crippen molar-refractivity contribution in [2.75, 3.05) is 62.3 Å². The number of halogens is 1. The number of carbonyl (C=O) groups is 2. The summed E-state index contributed by atoms with van der Waals surface area (Å²) in [5.41, 5.74) is 1.74. The first-order valence-electron chi connectivity index (χ1n) is 13.2. The van der Waals surface area contributed by atoms with Gasteiger partial charge in [-0.05, 0) is 23.4 Å². The molecular weight excluding hydrogens is 523 g/mol. The Kier molecular flexibility index (Phi) is 7.51. The molecule has 12 heteroatoms. The number of piperazine rings is 1. The normalized spacial score (nSPS) is 23.3. The molecule has 0 saturated carbocycles. The van der Waals surface area contributed by atoms with Crippen LogP contribution in [-0.2, 0) is 19.0 Å². The average molecular weight is 553 g/mol. The van der Waals surface area contributed by atoms with Gasteiger partial charge < -0.3 is 33.3 Å². The number of rotatable bonds is 7. The van der Waals surface area contributed by atoms with Crippen molar-refractivity contribution in [2.45, 2.75) is 12.4 Å². The van der Waals surface area contributed by atoms with Crippen LogP contribution >= 0.6 is 0 Å². The van der Waals surface area contributed by atoms with E-state index in [9.17, 15) is 9.59 Å². The first-order valence-corrected chi connectivity index (χ1v) is 13.2. The van der Waals surface area contributed by atoms with E-state index in [4.69, 9.17) is 23.5 Å². The van der Waals surface area contributed by atoms with Crippen LogP contribution in [0.25, 0.3) is 0 Å². The summed E-state index contributed by atoms with van der Waals surface area (Å²) in [6.07, 6.45) is -0.179. The molecule has 3 aliphatic rings. The zero-order valence-corrected chi connectivity index (χ0v) is 21.7. The molecule has 0 aliphatic carbocycles. The van der Waals surface area contributed by atoms with E-state index < -0.39 is 24.3 Å². The van der Waals surface area contributed by atoms with Gasteiger partial charge in [-0.2, -0.15) is 0 Å². The lowest BCUT2D eigenvalue weighted by Gasteiger charge is -2.39. The van der Waals surface area contributed by atoms with Gasteiger partial charge in [-0.1, -0.05) is 30.3 Å². The SMILES string of the molecule is O=C(C1COC(c2ccccc2)OC1)N1CCN(c2ccc(N3C[C@H](COc4ccon4)OC3=O)cc2F)CC1. The highest BCUT2D eigenvalue weighted by molar-refractivity contribution is 5.90. The van der Waals surface area contributed by atoms with Gasteiger partial charge in [0, 0.05) is 37.8 Å². The lowest BCUT2D eigenvalue weighted by molar-refractivity contribution is -0.209. The molecule has 4 heterocycles. The fourth-order valence-corrected chi connectivity index (χ4v) is 5.07. The topological polar surface area (TPSA) is 107 Å². The van der Waals surface area contributed by atoms with Crippen molar-refractivity contribution in [1.29, 1.82) is 0 Å². The largest absolute Gasteiger partial charge is 0.471 e. The molecule has 11 nitrogen and oxygen atoms in total. The summed E-state index contributed by atoms with van der Waals surface area (Å²) in [5.74, 6) is -0.540. The van der Waals surface area contributed by atoms with Gasteiger partial charge in [-0.25, -0.2) is 9.18 Å². The van der Waals surface area contributed by atoms with E-state index in [1.165, 1.54) is 17.2 Å². The van der Waals surface area contributed by atoms with Crippen molar-refractivity contribution >= 4 is 23.4 Å². The number of hydrogen-bond donors (Lipinski definition) is 0. The predicted octanol–water partition coefficient (Wildman–Crippen LogP) is 3.23. The summed E-state index contributed by atoms with van der Waals surface area (Å²) in [7, 11) is 0. The second-order valence-electron chi connectivity index (χ2n) is 9.82. The van der Waals surface area contributed by atoms with E-state index in [0.717, 1.165) is 5.56 Å². The molecule has 2 amide bonds. The minimum absolute atomic E-state index is 0.0170. The van der Waals surface area contributed by atoms with Crippen molar-refractivity contribution in [2.24, 2.45) is 5.92 Å². The second kappa shape index (κ2) is 11.5. The van der Waals surface area contributed by atoms with E-state index >= 15 is 4.39 Å². The lowest BCUT2D eigenvalue weighted by atomic mass is 10.1. The van der Waals surface area contributed by atoms with Crippen LogP contribution in [0.1, 0.15) is 11.9 Å². The van der Waals surface area contributed by atoms with Crippen LogP contribution in [0.5, 0.6) is 5.88 Å². The molecule has 3 fully saturated rings. The van der Waals surface area contributed by atoms with Crippen LogP contribution in [0.3, 0.4) is 0 Å². The van der Waals surface area contributed by atoms with Gasteiger partial charge in [0.25, 0.3) is 5.88 Å². The van der Waals surface area contributed by atoms with Gasteiger partial charge in [0.05, 0.1) is 37.1 Å². The third kappa shape index (κ3) is 5.58. The van der Waals surface area contributed by atoms with Gasteiger partial charge in [-0.15, -0.1) is 0 Å². The highest BCUT2D eigenvalue weighted by Gasteiger charge is 2.35. The Hall–Kier alpha value is -4.16. The average Bonchev–Trinajstić information content (AvgIpc) is 3.66. The Labute approximate surface area is 229 Å². The molecule has 40 heavy (non-hydrogen) atoms. The van der Waals surface area contributed by atoms with Crippen LogP contribution in [-0.4, -0.2) is 80.7 Å². The van der Waals surface area contributed by atoms with E-state index in [0.29, 0.717) is 56.6 Å². The summed E-state index contributed by atoms with van der Waals surface area (Å²) in [4.78, 5) is 30.5. The van der Waals surface area contributed by atoms with Crippen LogP contribution in [0.15, 0.2) is 65.4 Å². The molecule has 1 aromatic heterocycles. The molecule has 3 aliphatic heterocycles. The standard InChI is InChI=1S/C28H29FN4O7/c29-23-14-21(33-15-22(40-28(33)35)18-36-25-8-13-39-30-25)6-7-24(23)31-9-11-32(12-10-31)26(34)20-16-37-27(38-17-20)19-4-2-1-3-5-19/h1-8,13-14,20,22,27H,9-12,15-18H2/t20?,22-,27?/m1/s1. The van der Waals surface area contributed by atoms with Crippen molar-refractivity contribution in [3.63, 3.8) is 0 Å². The van der Waals surface area contributed by atoms with Crippen molar-refractivity contribution in [1.82, 2.24) is 10.1 Å². The predicted molar refractivity (Wildman–Crippen MR) is 139 cm³/mol. The fourth-order valence-electron chi connectivity index (χ4n) is 5.07. The van der Waals surface area contributed by atoms with Crippen molar-refractivity contribution in [3.05, 3.63) is 72.2 Å². The molecule has 3 saturated heterocycles. The number of benzene rings is 2. The number of amides is 2. The van der Waals surface area contributed by atoms with Gasteiger partial charge in [0.2, 0.25) is 5.91 Å². The third-order valence-electron chi connectivity index (χ3n) is 7.20. The number of ether oxygens (including phenoxy) is 4. The Morgan fingerprint density at radius 3 is 2.50 bits per heavy atom. The molecule has 0 radical (unpaired) electrons. The van der Waals surface area contributed by atoms with Gasteiger partial charge in [0.15, 0.2) is 12.4 Å². The molecule has 2 aromatic carbocycles. The van der Waals surface area contributed by atoms with E-state index in [1.807, 2.05) is 35.2 Å². The van der Waals surface area contributed by atoms with Crippen LogP contribution in [0, 0.1) is 11.7 Å². The molecule has 1 atom stereocenters. The Morgan fingerprint density at radius 1 is 1.02 bits per heavy atom. The quantitative estimate of drug-likeness (QED) is 0.437. The highest BCUT2D eigenvalue weighted by Crippen LogP contribution is 2.30. The number of hydrogen-bond acceptors (Lipinski definition) is 9. The van der Waals surface area contributed by atoms with Crippen molar-refractivity contribution in [3.8, 4) is 5.88 Å². The molecular formula is C28H29FN4O7. The van der Waals surface area contributed by atoms with E-state index in [2.05, 4.69) is 5.16 Å². The number of nitrogens with zero attached hydrogens (tertiary/aromatic N) is 4.